The van der Waals surface area contributed by atoms with Crippen molar-refractivity contribution in [3.05, 3.63) is 30.3 Å². The van der Waals surface area contributed by atoms with Crippen molar-refractivity contribution in [1.82, 2.24) is 10.6 Å². The second kappa shape index (κ2) is 9.81. The number of nitrogens with zero attached hydrogens (tertiary/aromatic N) is 2. The lowest BCUT2D eigenvalue weighted by atomic mass is 9.89. The molecule has 0 aromatic heterocycles. The first kappa shape index (κ1) is 20.6. The summed E-state index contributed by atoms with van der Waals surface area (Å²) in [5.41, 5.74) is 1.40. The van der Waals surface area contributed by atoms with Crippen LogP contribution in [-0.2, 0) is 4.74 Å². The molecule has 2 rings (SSSR count). The maximum Gasteiger partial charge on any atom is 0.191 e. The van der Waals surface area contributed by atoms with Gasteiger partial charge in [-0.15, -0.1) is 0 Å². The zero-order chi connectivity index (χ0) is 19.0. The number of benzene rings is 1. The number of nitrogens with one attached hydrogen (secondary N) is 2. The van der Waals surface area contributed by atoms with Crippen molar-refractivity contribution in [2.75, 3.05) is 44.7 Å². The fraction of sp³-hybridized carbons (Fsp3) is 0.667. The average molecular weight is 361 g/mol. The van der Waals surface area contributed by atoms with Crippen molar-refractivity contribution < 1.29 is 4.74 Å². The Morgan fingerprint density at radius 2 is 2.00 bits per heavy atom. The van der Waals surface area contributed by atoms with Crippen LogP contribution >= 0.6 is 0 Å². The predicted molar refractivity (Wildman–Crippen MR) is 111 cm³/mol. The van der Waals surface area contributed by atoms with Gasteiger partial charge in [0.25, 0.3) is 0 Å². The zero-order valence-corrected chi connectivity index (χ0v) is 17.1. The summed E-state index contributed by atoms with van der Waals surface area (Å²) in [6, 6.07) is 10.7. The van der Waals surface area contributed by atoms with E-state index in [2.05, 4.69) is 73.6 Å². The molecule has 5 heteroatoms. The molecular formula is C21H36N4O. The van der Waals surface area contributed by atoms with Gasteiger partial charge < -0.3 is 20.3 Å². The fourth-order valence-electron chi connectivity index (χ4n) is 3.33. The lowest BCUT2D eigenvalue weighted by molar-refractivity contribution is 0.0241. The Kier molecular flexibility index (Phi) is 7.76. The van der Waals surface area contributed by atoms with Crippen molar-refractivity contribution in [2.45, 2.75) is 40.2 Å². The van der Waals surface area contributed by atoms with E-state index in [1.807, 2.05) is 0 Å². The molecule has 0 aliphatic carbocycles. The summed E-state index contributed by atoms with van der Waals surface area (Å²) in [6.07, 6.45) is 1.32. The topological polar surface area (TPSA) is 48.9 Å². The number of methoxy groups -OCH3 is 1. The van der Waals surface area contributed by atoms with Gasteiger partial charge in [-0.25, -0.2) is 0 Å². The third kappa shape index (κ3) is 6.20. The molecule has 1 fully saturated rings. The van der Waals surface area contributed by atoms with E-state index in [1.165, 1.54) is 12.1 Å². The standard InChI is InChI=1S/C21H36N4O/c1-6-22-20(24-15-19(26-5)21(2,3)4)23-14-17-12-13-25(16-17)18-10-8-7-9-11-18/h7-11,17,19H,6,12-16H2,1-5H3,(H2,22,23,24). The van der Waals surface area contributed by atoms with Crippen LogP contribution in [0.15, 0.2) is 35.3 Å². The number of aliphatic imine (C=N–C) groups is 1. The van der Waals surface area contributed by atoms with Crippen LogP contribution < -0.4 is 15.5 Å². The summed E-state index contributed by atoms with van der Waals surface area (Å²) in [5, 5.41) is 6.87. The molecule has 1 aliphatic rings. The minimum atomic E-state index is 0.0806. The molecule has 5 nitrogen and oxygen atoms in total. The SMILES string of the molecule is CCNC(=NCC(OC)C(C)(C)C)NCC1CCN(c2ccccc2)C1. The van der Waals surface area contributed by atoms with E-state index in [1.54, 1.807) is 7.11 Å². The highest BCUT2D eigenvalue weighted by atomic mass is 16.5. The lowest BCUT2D eigenvalue weighted by Gasteiger charge is -2.28. The van der Waals surface area contributed by atoms with Crippen LogP contribution in [0, 0.1) is 11.3 Å². The molecule has 1 saturated heterocycles. The van der Waals surface area contributed by atoms with Crippen molar-refractivity contribution in [1.29, 1.82) is 0 Å². The molecule has 0 bridgehead atoms. The average Bonchev–Trinajstić information content (AvgIpc) is 3.08. The minimum Gasteiger partial charge on any atom is -0.379 e. The molecule has 2 N–H and O–H groups in total. The number of hydrogen-bond acceptors (Lipinski definition) is 3. The van der Waals surface area contributed by atoms with Crippen LogP contribution in [0.3, 0.4) is 0 Å². The van der Waals surface area contributed by atoms with E-state index in [0.29, 0.717) is 12.5 Å². The van der Waals surface area contributed by atoms with Gasteiger partial charge in [0.15, 0.2) is 5.96 Å². The van der Waals surface area contributed by atoms with Gasteiger partial charge in [0.1, 0.15) is 0 Å². The van der Waals surface area contributed by atoms with Crippen molar-refractivity contribution >= 4 is 11.6 Å². The molecular weight excluding hydrogens is 324 g/mol. The van der Waals surface area contributed by atoms with E-state index < -0.39 is 0 Å². The Hall–Kier alpha value is -1.75. The maximum absolute atomic E-state index is 5.61. The van der Waals surface area contributed by atoms with E-state index >= 15 is 0 Å². The summed E-state index contributed by atoms with van der Waals surface area (Å²) in [5.74, 6) is 1.52. The van der Waals surface area contributed by atoms with Gasteiger partial charge in [-0.1, -0.05) is 39.0 Å². The van der Waals surface area contributed by atoms with E-state index in [4.69, 9.17) is 9.73 Å². The summed E-state index contributed by atoms with van der Waals surface area (Å²) in [4.78, 5) is 7.21. The summed E-state index contributed by atoms with van der Waals surface area (Å²) < 4.78 is 5.61. The quantitative estimate of drug-likeness (QED) is 0.579. The largest absolute Gasteiger partial charge is 0.379 e. The van der Waals surface area contributed by atoms with Crippen LogP contribution in [0.2, 0.25) is 0 Å². The van der Waals surface area contributed by atoms with Crippen LogP contribution in [0.1, 0.15) is 34.1 Å². The van der Waals surface area contributed by atoms with Gasteiger partial charge in [0, 0.05) is 39.0 Å². The Morgan fingerprint density at radius 3 is 2.62 bits per heavy atom. The third-order valence-electron chi connectivity index (χ3n) is 4.98. The Balaban J connectivity index is 1.85. The molecule has 26 heavy (non-hydrogen) atoms. The molecule has 2 atom stereocenters. The molecule has 0 spiro atoms. The number of hydrogen-bond donors (Lipinski definition) is 2. The first-order chi connectivity index (χ1) is 12.4. The van der Waals surface area contributed by atoms with E-state index in [0.717, 1.165) is 32.1 Å². The first-order valence-electron chi connectivity index (χ1n) is 9.79. The van der Waals surface area contributed by atoms with Crippen molar-refractivity contribution in [3.63, 3.8) is 0 Å². The molecule has 2 unspecified atom stereocenters. The van der Waals surface area contributed by atoms with Crippen molar-refractivity contribution in [2.24, 2.45) is 16.3 Å². The van der Waals surface area contributed by atoms with E-state index in [9.17, 15) is 0 Å². The summed E-state index contributed by atoms with van der Waals surface area (Å²) in [6.45, 7) is 13.4. The Labute approximate surface area is 159 Å². The molecule has 146 valence electrons. The van der Waals surface area contributed by atoms with Crippen LogP contribution in [0.25, 0.3) is 0 Å². The van der Waals surface area contributed by atoms with E-state index in [-0.39, 0.29) is 11.5 Å². The van der Waals surface area contributed by atoms with Crippen LogP contribution in [0.4, 0.5) is 5.69 Å². The molecule has 1 heterocycles. The smallest absolute Gasteiger partial charge is 0.191 e. The number of para-hydroxylation sites is 1. The minimum absolute atomic E-state index is 0.0806. The molecule has 1 aromatic rings. The number of guanidine groups is 1. The molecule has 0 saturated carbocycles. The monoisotopic (exact) mass is 360 g/mol. The molecule has 0 amide bonds. The highest BCUT2D eigenvalue weighted by Gasteiger charge is 2.25. The fourth-order valence-corrected chi connectivity index (χ4v) is 3.33. The van der Waals surface area contributed by atoms with Crippen molar-refractivity contribution in [3.8, 4) is 0 Å². The van der Waals surface area contributed by atoms with Gasteiger partial charge in [-0.05, 0) is 36.8 Å². The number of anilines is 1. The third-order valence-corrected chi connectivity index (χ3v) is 4.98. The van der Waals surface area contributed by atoms with Crippen LogP contribution in [-0.4, -0.2) is 51.9 Å². The molecule has 0 radical (unpaired) electrons. The van der Waals surface area contributed by atoms with Gasteiger partial charge >= 0.3 is 0 Å². The predicted octanol–water partition coefficient (Wildman–Crippen LogP) is 3.13. The molecule has 1 aromatic carbocycles. The molecule has 1 aliphatic heterocycles. The highest BCUT2D eigenvalue weighted by Crippen LogP contribution is 2.23. The summed E-state index contributed by atoms with van der Waals surface area (Å²) >= 11 is 0. The lowest BCUT2D eigenvalue weighted by Crippen LogP contribution is -2.41. The van der Waals surface area contributed by atoms with Crippen LogP contribution in [0.5, 0.6) is 0 Å². The second-order valence-electron chi connectivity index (χ2n) is 8.13. The van der Waals surface area contributed by atoms with Gasteiger partial charge in [-0.3, -0.25) is 4.99 Å². The Morgan fingerprint density at radius 1 is 1.27 bits per heavy atom. The van der Waals surface area contributed by atoms with Gasteiger partial charge in [-0.2, -0.15) is 0 Å². The number of ether oxygens (including phenoxy) is 1. The van der Waals surface area contributed by atoms with Gasteiger partial charge in [0.05, 0.1) is 12.6 Å². The normalized spacial score (nSPS) is 19.5. The first-order valence-corrected chi connectivity index (χ1v) is 9.79. The second-order valence-corrected chi connectivity index (χ2v) is 8.13. The zero-order valence-electron chi connectivity index (χ0n) is 17.1. The highest BCUT2D eigenvalue weighted by molar-refractivity contribution is 5.79. The Bertz CT molecular complexity index is 553. The summed E-state index contributed by atoms with van der Waals surface area (Å²) in [7, 11) is 1.77. The van der Waals surface area contributed by atoms with Gasteiger partial charge in [0.2, 0.25) is 0 Å². The maximum atomic E-state index is 5.61. The number of rotatable bonds is 7.